The van der Waals surface area contributed by atoms with Crippen LogP contribution in [0.25, 0.3) is 0 Å². The van der Waals surface area contributed by atoms with Crippen LogP contribution >= 0.6 is 0 Å². The number of para-hydroxylation sites is 1. The highest BCUT2D eigenvalue weighted by Crippen LogP contribution is 2.19. The summed E-state index contributed by atoms with van der Waals surface area (Å²) < 4.78 is 40.8. The maximum Gasteiger partial charge on any atom is 0.261 e. The van der Waals surface area contributed by atoms with E-state index in [9.17, 15) is 22.4 Å². The molecule has 9 heteroatoms. The SMILES string of the molecule is CCc1ccccc1NC(=O)CN(C)C(=O)c1cccc(S(=O)(=O)Nc2ccc(F)cc2)c1. The number of rotatable bonds is 8. The van der Waals surface area contributed by atoms with Gasteiger partial charge in [0.15, 0.2) is 0 Å². The van der Waals surface area contributed by atoms with Crippen molar-refractivity contribution in [3.05, 3.63) is 89.7 Å². The number of nitrogens with zero attached hydrogens (tertiary/aromatic N) is 1. The normalized spacial score (nSPS) is 11.0. The molecule has 0 fully saturated rings. The zero-order valence-electron chi connectivity index (χ0n) is 18.2. The molecule has 2 N–H and O–H groups in total. The maximum absolute atomic E-state index is 13.1. The maximum atomic E-state index is 13.1. The number of halogens is 1. The molecule has 0 atom stereocenters. The Morgan fingerprint density at radius 3 is 2.36 bits per heavy atom. The molecule has 0 unspecified atom stereocenters. The van der Waals surface area contributed by atoms with Crippen molar-refractivity contribution in [3.63, 3.8) is 0 Å². The van der Waals surface area contributed by atoms with E-state index in [-0.39, 0.29) is 28.6 Å². The van der Waals surface area contributed by atoms with Gasteiger partial charge in [-0.1, -0.05) is 31.2 Å². The van der Waals surface area contributed by atoms with Crippen molar-refractivity contribution in [1.82, 2.24) is 4.90 Å². The Morgan fingerprint density at radius 2 is 1.67 bits per heavy atom. The summed E-state index contributed by atoms with van der Waals surface area (Å²) in [6.07, 6.45) is 0.748. The van der Waals surface area contributed by atoms with E-state index in [0.717, 1.165) is 24.1 Å². The zero-order chi connectivity index (χ0) is 24.0. The summed E-state index contributed by atoms with van der Waals surface area (Å²) in [5.41, 5.74) is 1.97. The summed E-state index contributed by atoms with van der Waals surface area (Å²) in [6.45, 7) is 1.77. The van der Waals surface area contributed by atoms with Gasteiger partial charge in [0.2, 0.25) is 5.91 Å². The van der Waals surface area contributed by atoms with Crippen molar-refractivity contribution in [2.45, 2.75) is 18.2 Å². The summed E-state index contributed by atoms with van der Waals surface area (Å²) in [7, 11) is -2.54. The Labute approximate surface area is 192 Å². The molecule has 2 amide bonds. The van der Waals surface area contributed by atoms with Crippen LogP contribution in [0.2, 0.25) is 0 Å². The molecule has 0 heterocycles. The second-order valence-corrected chi connectivity index (χ2v) is 9.04. The van der Waals surface area contributed by atoms with Gasteiger partial charge >= 0.3 is 0 Å². The molecule has 172 valence electrons. The standard InChI is InChI=1S/C24H24FN3O4S/c1-3-17-7-4-5-10-22(17)26-23(29)16-28(2)24(30)18-8-6-9-21(15-18)33(31,32)27-20-13-11-19(25)12-14-20/h4-15,27H,3,16H2,1-2H3,(H,26,29). The number of hydrogen-bond acceptors (Lipinski definition) is 4. The molecule has 0 bridgehead atoms. The number of carbonyl (C=O) groups is 2. The fourth-order valence-electron chi connectivity index (χ4n) is 3.18. The summed E-state index contributed by atoms with van der Waals surface area (Å²) in [5, 5.41) is 2.80. The lowest BCUT2D eigenvalue weighted by atomic mass is 10.1. The fourth-order valence-corrected chi connectivity index (χ4v) is 4.28. The predicted octanol–water partition coefficient (Wildman–Crippen LogP) is 3.90. The third-order valence-electron chi connectivity index (χ3n) is 4.89. The minimum Gasteiger partial charge on any atom is -0.332 e. The first-order valence-corrected chi connectivity index (χ1v) is 11.7. The first-order chi connectivity index (χ1) is 15.7. The summed E-state index contributed by atoms with van der Waals surface area (Å²) in [6, 6.07) is 17.8. The van der Waals surface area contributed by atoms with E-state index in [1.54, 1.807) is 6.07 Å². The number of hydrogen-bond donors (Lipinski definition) is 2. The molecular formula is C24H24FN3O4S. The summed E-state index contributed by atoms with van der Waals surface area (Å²) in [4.78, 5) is 26.3. The molecule has 7 nitrogen and oxygen atoms in total. The Kier molecular flexibility index (Phi) is 7.44. The Bertz CT molecular complexity index is 1260. The highest BCUT2D eigenvalue weighted by atomic mass is 32.2. The van der Waals surface area contributed by atoms with E-state index in [0.29, 0.717) is 5.69 Å². The summed E-state index contributed by atoms with van der Waals surface area (Å²) in [5.74, 6) is -1.36. The minimum atomic E-state index is -4.00. The molecule has 33 heavy (non-hydrogen) atoms. The van der Waals surface area contributed by atoms with Crippen LogP contribution in [0.4, 0.5) is 15.8 Å². The van der Waals surface area contributed by atoms with Crippen molar-refractivity contribution in [2.24, 2.45) is 0 Å². The van der Waals surface area contributed by atoms with Crippen molar-refractivity contribution in [3.8, 4) is 0 Å². The molecule has 3 rings (SSSR count). The number of anilines is 2. The molecule has 0 aromatic heterocycles. The van der Waals surface area contributed by atoms with Crippen LogP contribution in [0.15, 0.2) is 77.7 Å². The largest absolute Gasteiger partial charge is 0.332 e. The van der Waals surface area contributed by atoms with Crippen LogP contribution < -0.4 is 10.0 Å². The van der Waals surface area contributed by atoms with Gasteiger partial charge in [-0.3, -0.25) is 14.3 Å². The Morgan fingerprint density at radius 1 is 0.970 bits per heavy atom. The van der Waals surface area contributed by atoms with Crippen molar-refractivity contribution in [1.29, 1.82) is 0 Å². The average molecular weight is 470 g/mol. The van der Waals surface area contributed by atoms with E-state index >= 15 is 0 Å². The highest BCUT2D eigenvalue weighted by Gasteiger charge is 2.20. The molecule has 0 saturated heterocycles. The van der Waals surface area contributed by atoms with E-state index in [2.05, 4.69) is 10.0 Å². The minimum absolute atomic E-state index is 0.112. The quantitative estimate of drug-likeness (QED) is 0.523. The third kappa shape index (κ3) is 6.17. The van der Waals surface area contributed by atoms with Gasteiger partial charge < -0.3 is 10.2 Å². The van der Waals surface area contributed by atoms with Gasteiger partial charge in [-0.05, 0) is 60.5 Å². The molecular weight excluding hydrogens is 445 g/mol. The molecule has 0 saturated carbocycles. The van der Waals surface area contributed by atoms with Crippen LogP contribution in [-0.2, 0) is 21.2 Å². The molecule has 0 aliphatic heterocycles. The van der Waals surface area contributed by atoms with Crippen LogP contribution in [0.1, 0.15) is 22.8 Å². The van der Waals surface area contributed by atoms with Crippen molar-refractivity contribution < 1.29 is 22.4 Å². The number of aryl methyl sites for hydroxylation is 1. The molecule has 0 aliphatic carbocycles. The number of carbonyl (C=O) groups excluding carboxylic acids is 2. The molecule has 0 aliphatic rings. The van der Waals surface area contributed by atoms with E-state index in [1.165, 1.54) is 48.3 Å². The summed E-state index contributed by atoms with van der Waals surface area (Å²) >= 11 is 0. The first kappa shape index (κ1) is 23.9. The number of sulfonamides is 1. The Balaban J connectivity index is 1.70. The van der Waals surface area contributed by atoms with Gasteiger partial charge in [-0.15, -0.1) is 0 Å². The van der Waals surface area contributed by atoms with E-state index in [4.69, 9.17) is 0 Å². The van der Waals surface area contributed by atoms with E-state index < -0.39 is 21.7 Å². The van der Waals surface area contributed by atoms with Gasteiger partial charge in [0.25, 0.3) is 15.9 Å². The van der Waals surface area contributed by atoms with Crippen LogP contribution in [0.3, 0.4) is 0 Å². The fraction of sp³-hybridized carbons (Fsp3) is 0.167. The second-order valence-electron chi connectivity index (χ2n) is 7.36. The number of amides is 2. The molecule has 3 aromatic rings. The van der Waals surface area contributed by atoms with Crippen LogP contribution in [0, 0.1) is 5.82 Å². The van der Waals surface area contributed by atoms with E-state index in [1.807, 2.05) is 25.1 Å². The molecule has 0 radical (unpaired) electrons. The lowest BCUT2D eigenvalue weighted by Crippen LogP contribution is -2.35. The highest BCUT2D eigenvalue weighted by molar-refractivity contribution is 7.92. The first-order valence-electron chi connectivity index (χ1n) is 10.2. The van der Waals surface area contributed by atoms with Gasteiger partial charge in [-0.25, -0.2) is 12.8 Å². The molecule has 3 aromatic carbocycles. The second kappa shape index (κ2) is 10.3. The predicted molar refractivity (Wildman–Crippen MR) is 125 cm³/mol. The smallest absolute Gasteiger partial charge is 0.261 e. The lowest BCUT2D eigenvalue weighted by Gasteiger charge is -2.18. The monoisotopic (exact) mass is 469 g/mol. The van der Waals surface area contributed by atoms with Gasteiger partial charge in [-0.2, -0.15) is 0 Å². The topological polar surface area (TPSA) is 95.6 Å². The average Bonchev–Trinajstić information content (AvgIpc) is 2.80. The van der Waals surface area contributed by atoms with Gasteiger partial charge in [0, 0.05) is 24.0 Å². The Hall–Kier alpha value is -3.72. The lowest BCUT2D eigenvalue weighted by molar-refractivity contribution is -0.116. The van der Waals surface area contributed by atoms with Gasteiger partial charge in [0.1, 0.15) is 5.82 Å². The van der Waals surface area contributed by atoms with Crippen molar-refractivity contribution >= 4 is 33.2 Å². The van der Waals surface area contributed by atoms with Crippen LogP contribution in [0.5, 0.6) is 0 Å². The van der Waals surface area contributed by atoms with Crippen molar-refractivity contribution in [2.75, 3.05) is 23.6 Å². The number of likely N-dealkylation sites (N-methyl/N-ethyl adjacent to an activating group) is 1. The van der Waals surface area contributed by atoms with Gasteiger partial charge in [0.05, 0.1) is 11.4 Å². The third-order valence-corrected chi connectivity index (χ3v) is 6.27. The number of benzene rings is 3. The molecule has 0 spiro atoms. The zero-order valence-corrected chi connectivity index (χ0v) is 19.0. The van der Waals surface area contributed by atoms with Crippen LogP contribution in [-0.4, -0.2) is 38.7 Å². The number of nitrogens with one attached hydrogen (secondary N) is 2.